The van der Waals surface area contributed by atoms with E-state index in [2.05, 4.69) is 31.4 Å². The second kappa shape index (κ2) is 8.55. The molecular formula is C17H30OSi. The summed E-state index contributed by atoms with van der Waals surface area (Å²) in [5.41, 5.74) is 3.48. The van der Waals surface area contributed by atoms with Crippen LogP contribution in [0.2, 0.25) is 19.6 Å². The molecule has 0 aromatic heterocycles. The maximum absolute atomic E-state index is 12.1. The maximum atomic E-state index is 12.1. The molecule has 0 N–H and O–H groups in total. The predicted molar refractivity (Wildman–Crippen MR) is 86.1 cm³/mol. The molecule has 0 fully saturated rings. The van der Waals surface area contributed by atoms with Gasteiger partial charge >= 0.3 is 0 Å². The zero-order chi connectivity index (χ0) is 14.1. The predicted octanol–water partition coefficient (Wildman–Crippen LogP) is 5.43. The topological polar surface area (TPSA) is 17.1 Å². The van der Waals surface area contributed by atoms with Gasteiger partial charge in [0.25, 0.3) is 0 Å². The molecule has 1 aliphatic carbocycles. The third-order valence-corrected chi connectivity index (χ3v) is 5.99. The summed E-state index contributed by atoms with van der Waals surface area (Å²) in [4.78, 5) is 12.1. The molecule has 0 atom stereocenters. The van der Waals surface area contributed by atoms with Crippen molar-refractivity contribution >= 4 is 13.9 Å². The Balaban J connectivity index is 2.72. The van der Waals surface area contributed by atoms with Gasteiger partial charge in [0, 0.05) is 12.8 Å². The molecule has 0 heterocycles. The Morgan fingerprint density at radius 1 is 0.947 bits per heavy atom. The monoisotopic (exact) mass is 278 g/mol. The Kier molecular flexibility index (Phi) is 7.41. The Bertz CT molecular complexity index is 343. The van der Waals surface area contributed by atoms with E-state index in [9.17, 15) is 4.79 Å². The fourth-order valence-corrected chi connectivity index (χ4v) is 3.73. The molecule has 0 aromatic carbocycles. The molecule has 0 radical (unpaired) electrons. The lowest BCUT2D eigenvalue weighted by molar-refractivity contribution is -0.118. The number of allylic oxidation sites excluding steroid dienone is 1. The Morgan fingerprint density at radius 3 is 2.16 bits per heavy atom. The van der Waals surface area contributed by atoms with E-state index in [4.69, 9.17) is 0 Å². The van der Waals surface area contributed by atoms with Crippen molar-refractivity contribution in [3.63, 3.8) is 0 Å². The van der Waals surface area contributed by atoms with E-state index in [0.717, 1.165) is 19.3 Å². The average Bonchev–Trinajstić information content (AvgIpc) is 2.32. The standard InChI is InChI=1S/C17H30OSi/c1-19(2,3)17-14-12-10-8-6-4-5-7-9-11-13-16(18)15-17/h12H,4-11,13,15H2,1-3H3. The molecule has 2 heteroatoms. The van der Waals surface area contributed by atoms with Crippen LogP contribution >= 0.6 is 0 Å². The van der Waals surface area contributed by atoms with Crippen LogP contribution < -0.4 is 0 Å². The van der Waals surface area contributed by atoms with Crippen molar-refractivity contribution in [3.05, 3.63) is 17.0 Å². The maximum Gasteiger partial charge on any atom is 0.137 e. The zero-order valence-corrected chi connectivity index (χ0v) is 14.1. The van der Waals surface area contributed by atoms with E-state index >= 15 is 0 Å². The van der Waals surface area contributed by atoms with Crippen molar-refractivity contribution in [2.75, 3.05) is 0 Å². The molecule has 0 aromatic rings. The lowest BCUT2D eigenvalue weighted by atomic mass is 10.0. The van der Waals surface area contributed by atoms with Crippen molar-refractivity contribution in [1.82, 2.24) is 0 Å². The van der Waals surface area contributed by atoms with E-state index in [1.165, 1.54) is 43.7 Å². The minimum absolute atomic E-state index is 0.426. The first kappa shape index (κ1) is 16.5. The first-order valence-corrected chi connectivity index (χ1v) is 11.5. The second-order valence-corrected chi connectivity index (χ2v) is 11.9. The van der Waals surface area contributed by atoms with Gasteiger partial charge in [-0.25, -0.2) is 0 Å². The zero-order valence-electron chi connectivity index (χ0n) is 13.1. The summed E-state index contributed by atoms with van der Waals surface area (Å²) in [7, 11) is -1.39. The van der Waals surface area contributed by atoms with Gasteiger partial charge in [-0.3, -0.25) is 4.79 Å². The van der Waals surface area contributed by atoms with Crippen LogP contribution in [0.4, 0.5) is 0 Å². The van der Waals surface area contributed by atoms with Crippen molar-refractivity contribution in [2.24, 2.45) is 0 Å². The summed E-state index contributed by atoms with van der Waals surface area (Å²) in [5.74, 6) is 0.426. The summed E-state index contributed by atoms with van der Waals surface area (Å²) in [6, 6.07) is 0. The SMILES string of the molecule is C[Si](C)(C)C1=C=CCCCCCCCCCC(=O)C1. The first-order valence-electron chi connectivity index (χ1n) is 7.96. The van der Waals surface area contributed by atoms with Crippen LogP contribution in [0.5, 0.6) is 0 Å². The number of carbonyl (C=O) groups excluding carboxylic acids is 1. The Morgan fingerprint density at radius 2 is 1.53 bits per heavy atom. The highest BCUT2D eigenvalue weighted by Crippen LogP contribution is 2.20. The van der Waals surface area contributed by atoms with Crippen molar-refractivity contribution < 1.29 is 4.79 Å². The van der Waals surface area contributed by atoms with Crippen LogP contribution in [-0.4, -0.2) is 13.9 Å². The van der Waals surface area contributed by atoms with E-state index < -0.39 is 8.07 Å². The fraction of sp³-hybridized carbons (Fsp3) is 0.765. The lowest BCUT2D eigenvalue weighted by Crippen LogP contribution is -2.25. The first-order chi connectivity index (χ1) is 9.00. The van der Waals surface area contributed by atoms with Crippen LogP contribution in [0.3, 0.4) is 0 Å². The molecular weight excluding hydrogens is 248 g/mol. The largest absolute Gasteiger partial charge is 0.299 e. The fourth-order valence-electron chi connectivity index (χ4n) is 2.47. The Hall–Kier alpha value is -0.593. The van der Waals surface area contributed by atoms with Crippen LogP contribution in [-0.2, 0) is 4.79 Å². The molecule has 0 amide bonds. The van der Waals surface area contributed by atoms with E-state index in [1.807, 2.05) is 0 Å². The lowest BCUT2D eigenvalue weighted by Gasteiger charge is -2.18. The second-order valence-electron chi connectivity index (χ2n) is 6.81. The third kappa shape index (κ3) is 7.54. The highest BCUT2D eigenvalue weighted by atomic mass is 28.3. The molecule has 1 rings (SSSR count). The third-order valence-electron chi connectivity index (χ3n) is 3.86. The summed E-state index contributed by atoms with van der Waals surface area (Å²) in [6.45, 7) is 6.96. The van der Waals surface area contributed by atoms with Gasteiger partial charge in [-0.2, -0.15) is 0 Å². The molecule has 0 aliphatic heterocycles. The summed E-state index contributed by atoms with van der Waals surface area (Å²) < 4.78 is 0. The van der Waals surface area contributed by atoms with E-state index in [-0.39, 0.29) is 0 Å². The van der Waals surface area contributed by atoms with Gasteiger partial charge in [0.1, 0.15) is 5.78 Å². The van der Waals surface area contributed by atoms with Gasteiger partial charge in [-0.1, -0.05) is 51.7 Å². The van der Waals surface area contributed by atoms with E-state index in [1.54, 1.807) is 0 Å². The highest BCUT2D eigenvalue weighted by molar-refractivity contribution is 6.83. The summed E-state index contributed by atoms with van der Waals surface area (Å²) >= 11 is 0. The molecule has 1 nitrogen and oxygen atoms in total. The van der Waals surface area contributed by atoms with Crippen LogP contribution in [0.25, 0.3) is 0 Å². The molecule has 0 saturated heterocycles. The smallest absolute Gasteiger partial charge is 0.137 e. The average molecular weight is 279 g/mol. The Labute approximate surface area is 120 Å². The van der Waals surface area contributed by atoms with Crippen molar-refractivity contribution in [3.8, 4) is 0 Å². The van der Waals surface area contributed by atoms with Crippen LogP contribution in [0.1, 0.15) is 64.2 Å². The number of Topliss-reactive ketones (excluding diaryl/α,β-unsaturated/α-hetero) is 1. The number of ketones is 1. The van der Waals surface area contributed by atoms with Crippen LogP contribution in [0, 0.1) is 0 Å². The van der Waals surface area contributed by atoms with Gasteiger partial charge in [0.05, 0.1) is 8.07 Å². The molecule has 108 valence electrons. The number of carbonyl (C=O) groups is 1. The van der Waals surface area contributed by atoms with Gasteiger partial charge in [0.15, 0.2) is 0 Å². The highest BCUT2D eigenvalue weighted by Gasteiger charge is 2.21. The number of hydrogen-bond donors (Lipinski definition) is 0. The number of rotatable bonds is 1. The molecule has 0 spiro atoms. The van der Waals surface area contributed by atoms with Gasteiger partial charge in [-0.15, -0.1) is 5.73 Å². The summed E-state index contributed by atoms with van der Waals surface area (Å²) in [5, 5.41) is 1.31. The molecule has 1 aliphatic rings. The number of hydrogen-bond acceptors (Lipinski definition) is 1. The van der Waals surface area contributed by atoms with Crippen molar-refractivity contribution in [1.29, 1.82) is 0 Å². The normalized spacial score (nSPS) is 20.8. The molecule has 0 unspecified atom stereocenters. The minimum atomic E-state index is -1.39. The van der Waals surface area contributed by atoms with E-state index in [0.29, 0.717) is 12.2 Å². The van der Waals surface area contributed by atoms with Gasteiger partial charge < -0.3 is 0 Å². The van der Waals surface area contributed by atoms with Crippen molar-refractivity contribution in [2.45, 2.75) is 83.8 Å². The summed E-state index contributed by atoms with van der Waals surface area (Å²) in [6.07, 6.45) is 13.7. The van der Waals surface area contributed by atoms with Crippen LogP contribution in [0.15, 0.2) is 17.0 Å². The van der Waals surface area contributed by atoms with Gasteiger partial charge in [-0.05, 0) is 30.5 Å². The molecule has 19 heavy (non-hydrogen) atoms. The molecule has 0 saturated carbocycles. The minimum Gasteiger partial charge on any atom is -0.299 e. The molecule has 0 bridgehead atoms. The van der Waals surface area contributed by atoms with Gasteiger partial charge in [0.2, 0.25) is 0 Å². The quantitative estimate of drug-likeness (QED) is 0.462.